The Balaban J connectivity index is 1.72. The topological polar surface area (TPSA) is 147 Å². The minimum atomic E-state index is -3.89. The highest BCUT2D eigenvalue weighted by molar-refractivity contribution is 7.91. The van der Waals surface area contributed by atoms with Crippen LogP contribution in [0.4, 0.5) is 0 Å². The zero-order chi connectivity index (χ0) is 27.9. The third-order valence-corrected chi connectivity index (χ3v) is 10.5. The van der Waals surface area contributed by atoms with Crippen molar-refractivity contribution in [3.8, 4) is 0 Å². The summed E-state index contributed by atoms with van der Waals surface area (Å²) in [6, 6.07) is 6.82. The number of benzene rings is 1. The number of hydrogen-bond donors (Lipinski definition) is 1. The molecule has 2 atom stereocenters. The van der Waals surface area contributed by atoms with Crippen LogP contribution in [0, 0.1) is 11.8 Å². The first-order valence-electron chi connectivity index (χ1n) is 12.8. The van der Waals surface area contributed by atoms with Crippen LogP contribution in [0.15, 0.2) is 35.2 Å². The summed E-state index contributed by atoms with van der Waals surface area (Å²) in [6.07, 6.45) is 0.221. The average molecular weight is 572 g/mol. The number of hydrogen-bond acceptors (Lipinski definition) is 8. The van der Waals surface area contributed by atoms with E-state index in [2.05, 4.69) is 5.32 Å². The second kappa shape index (κ2) is 13.1. The predicted octanol–water partition coefficient (Wildman–Crippen LogP) is 0.461. The Kier molecular flexibility index (Phi) is 10.4. The molecule has 1 aromatic carbocycles. The Morgan fingerprint density at radius 3 is 2.32 bits per heavy atom. The average Bonchev–Trinajstić information content (AvgIpc) is 3.05. The summed E-state index contributed by atoms with van der Waals surface area (Å²) in [4.78, 5) is 40.8. The number of nitrogens with one attached hydrogen (secondary N) is 1. The lowest BCUT2D eigenvalue weighted by molar-refractivity contribution is -0.139. The van der Waals surface area contributed by atoms with Gasteiger partial charge in [-0.15, -0.1) is 0 Å². The fraction of sp³-hybridized carbons (Fsp3) is 0.640. The minimum absolute atomic E-state index is 0.0762. The first kappa shape index (κ1) is 30.2. The molecule has 3 rings (SSSR count). The van der Waals surface area contributed by atoms with Crippen LogP contribution in [-0.2, 0) is 39.0 Å². The molecule has 0 aromatic heterocycles. The van der Waals surface area contributed by atoms with Crippen molar-refractivity contribution in [2.45, 2.75) is 44.0 Å². The van der Waals surface area contributed by atoms with Crippen molar-refractivity contribution in [2.75, 3.05) is 50.9 Å². The molecule has 1 N–H and O–H groups in total. The Morgan fingerprint density at radius 1 is 1.03 bits per heavy atom. The van der Waals surface area contributed by atoms with E-state index in [4.69, 9.17) is 4.74 Å². The van der Waals surface area contributed by atoms with Gasteiger partial charge in [0.25, 0.3) is 0 Å². The first-order valence-corrected chi connectivity index (χ1v) is 16.1. The van der Waals surface area contributed by atoms with Gasteiger partial charge in [-0.3, -0.25) is 14.4 Å². The van der Waals surface area contributed by atoms with E-state index in [1.165, 1.54) is 12.1 Å². The summed E-state index contributed by atoms with van der Waals surface area (Å²) in [7, 11) is -7.54. The van der Waals surface area contributed by atoms with Crippen molar-refractivity contribution in [1.82, 2.24) is 14.5 Å². The van der Waals surface area contributed by atoms with E-state index in [0.29, 0.717) is 32.7 Å². The van der Waals surface area contributed by atoms with E-state index >= 15 is 0 Å². The highest BCUT2D eigenvalue weighted by Crippen LogP contribution is 2.20. The number of sulfonamides is 1. The molecule has 1 aromatic rings. The summed E-state index contributed by atoms with van der Waals surface area (Å²) in [5.74, 6) is -3.50. The molecule has 0 saturated carbocycles. The van der Waals surface area contributed by atoms with E-state index in [9.17, 15) is 31.2 Å². The quantitative estimate of drug-likeness (QED) is 0.426. The van der Waals surface area contributed by atoms with Gasteiger partial charge in [-0.25, -0.2) is 16.8 Å². The lowest BCUT2D eigenvalue weighted by Crippen LogP contribution is -2.49. The summed E-state index contributed by atoms with van der Waals surface area (Å²) < 4.78 is 57.9. The Labute approximate surface area is 224 Å². The molecule has 2 saturated heterocycles. The van der Waals surface area contributed by atoms with Crippen LogP contribution >= 0.6 is 0 Å². The maximum atomic E-state index is 13.3. The molecule has 38 heavy (non-hydrogen) atoms. The van der Waals surface area contributed by atoms with E-state index in [1.54, 1.807) is 36.9 Å². The van der Waals surface area contributed by atoms with Gasteiger partial charge in [0.05, 0.1) is 48.1 Å². The molecule has 2 unspecified atom stereocenters. The lowest BCUT2D eigenvalue weighted by Gasteiger charge is -2.28. The number of ketones is 1. The van der Waals surface area contributed by atoms with Gasteiger partial charge < -0.3 is 15.0 Å². The summed E-state index contributed by atoms with van der Waals surface area (Å²) in [6.45, 7) is 4.66. The minimum Gasteiger partial charge on any atom is -0.378 e. The highest BCUT2D eigenvalue weighted by atomic mass is 32.2. The maximum absolute atomic E-state index is 13.3. The molecule has 2 aliphatic rings. The van der Waals surface area contributed by atoms with E-state index < -0.39 is 55.8 Å². The smallest absolute Gasteiger partial charge is 0.243 e. The Hall–Kier alpha value is -2.35. The summed E-state index contributed by atoms with van der Waals surface area (Å²) >= 11 is 0. The van der Waals surface area contributed by atoms with Crippen molar-refractivity contribution >= 4 is 37.5 Å². The van der Waals surface area contributed by atoms with Crippen molar-refractivity contribution in [1.29, 1.82) is 0 Å². The van der Waals surface area contributed by atoms with Crippen molar-refractivity contribution in [2.24, 2.45) is 11.8 Å². The van der Waals surface area contributed by atoms with Crippen molar-refractivity contribution in [3.05, 3.63) is 30.3 Å². The zero-order valence-electron chi connectivity index (χ0n) is 21.9. The van der Waals surface area contributed by atoms with Gasteiger partial charge >= 0.3 is 0 Å². The van der Waals surface area contributed by atoms with Gasteiger partial charge in [-0.2, -0.15) is 4.31 Å². The Bertz CT molecular complexity index is 1200. The first-order chi connectivity index (χ1) is 17.9. The van der Waals surface area contributed by atoms with Crippen LogP contribution in [0.3, 0.4) is 0 Å². The number of ether oxygens (including phenoxy) is 1. The highest BCUT2D eigenvalue weighted by Gasteiger charge is 2.36. The number of morpholine rings is 1. The molecular weight excluding hydrogens is 534 g/mol. The molecule has 11 nitrogen and oxygen atoms in total. The number of amides is 2. The number of rotatable bonds is 10. The van der Waals surface area contributed by atoms with E-state index in [0.717, 1.165) is 4.31 Å². The number of sulfone groups is 1. The normalized spacial score (nSPS) is 20.7. The standard InChI is InChI=1S/C25H37N3O8S2/c1-19(2)17-37(32,33)18-20(15-24(30)27-11-13-36-14-12-27)25(31)26-22-9-6-10-28(16-23(22)29)38(34,35)21-7-4-3-5-8-21/h3-5,7-8,19-20,22H,6,9-18H2,1-2H3,(H,26,31). The number of carbonyl (C=O) groups is 3. The van der Waals surface area contributed by atoms with E-state index in [-0.39, 0.29) is 41.9 Å². The molecule has 2 heterocycles. The summed E-state index contributed by atoms with van der Waals surface area (Å²) in [5.41, 5.74) is 0. The third-order valence-electron chi connectivity index (χ3n) is 6.52. The van der Waals surface area contributed by atoms with Gasteiger partial charge in [0.1, 0.15) is 0 Å². The van der Waals surface area contributed by atoms with Crippen LogP contribution in [0.25, 0.3) is 0 Å². The fourth-order valence-corrected chi connectivity index (χ4v) is 8.15. The van der Waals surface area contributed by atoms with Crippen LogP contribution in [0.5, 0.6) is 0 Å². The van der Waals surface area contributed by atoms with Gasteiger partial charge in [-0.1, -0.05) is 32.0 Å². The van der Waals surface area contributed by atoms with Gasteiger partial charge in [0, 0.05) is 26.1 Å². The zero-order valence-corrected chi connectivity index (χ0v) is 23.5. The van der Waals surface area contributed by atoms with Gasteiger partial charge in [-0.05, 0) is 30.9 Å². The van der Waals surface area contributed by atoms with Crippen LogP contribution in [-0.4, -0.2) is 101 Å². The molecular formula is C25H37N3O8S2. The van der Waals surface area contributed by atoms with E-state index in [1.807, 2.05) is 0 Å². The van der Waals surface area contributed by atoms with Crippen LogP contribution < -0.4 is 5.32 Å². The molecule has 0 radical (unpaired) electrons. The predicted molar refractivity (Wildman–Crippen MR) is 140 cm³/mol. The van der Waals surface area contributed by atoms with Crippen molar-refractivity contribution < 1.29 is 36.0 Å². The lowest BCUT2D eigenvalue weighted by atomic mass is 10.0. The second-order valence-corrected chi connectivity index (χ2v) is 14.3. The largest absolute Gasteiger partial charge is 0.378 e. The third kappa shape index (κ3) is 8.32. The molecule has 0 spiro atoms. The number of nitrogens with zero attached hydrogens (tertiary/aromatic N) is 2. The maximum Gasteiger partial charge on any atom is 0.243 e. The molecule has 2 fully saturated rings. The second-order valence-electron chi connectivity index (χ2n) is 10.2. The monoisotopic (exact) mass is 571 g/mol. The molecule has 0 aliphatic carbocycles. The molecule has 212 valence electrons. The molecule has 13 heteroatoms. The number of Topliss-reactive ketones (excluding diaryl/α,β-unsaturated/α-hetero) is 1. The van der Waals surface area contributed by atoms with Crippen LogP contribution in [0.1, 0.15) is 33.1 Å². The van der Waals surface area contributed by atoms with Gasteiger partial charge in [0.15, 0.2) is 15.6 Å². The van der Waals surface area contributed by atoms with Crippen molar-refractivity contribution in [3.63, 3.8) is 0 Å². The SMILES string of the molecule is CC(C)CS(=O)(=O)CC(CC(=O)N1CCOCC1)C(=O)NC1CCCN(S(=O)(=O)c2ccccc2)CC1=O. The Morgan fingerprint density at radius 2 is 1.68 bits per heavy atom. The molecule has 2 amide bonds. The van der Waals surface area contributed by atoms with Crippen LogP contribution in [0.2, 0.25) is 0 Å². The fourth-order valence-electron chi connectivity index (χ4n) is 4.65. The number of carbonyl (C=O) groups excluding carboxylic acids is 3. The molecule has 0 bridgehead atoms. The van der Waals surface area contributed by atoms with Gasteiger partial charge in [0.2, 0.25) is 21.8 Å². The molecule has 2 aliphatic heterocycles. The summed E-state index contributed by atoms with van der Waals surface area (Å²) in [5, 5.41) is 2.63.